The van der Waals surface area contributed by atoms with Gasteiger partial charge in [0.05, 0.1) is 11.3 Å². The highest BCUT2D eigenvalue weighted by molar-refractivity contribution is 6.00. The number of amides is 1. The van der Waals surface area contributed by atoms with Gasteiger partial charge < -0.3 is 20.9 Å². The van der Waals surface area contributed by atoms with Gasteiger partial charge in [0.25, 0.3) is 5.91 Å². The van der Waals surface area contributed by atoms with Gasteiger partial charge in [-0.05, 0) is 44.6 Å². The molecule has 5 nitrogen and oxygen atoms in total. The van der Waals surface area contributed by atoms with E-state index < -0.39 is 0 Å². The molecular formula is C15H24N4O. The van der Waals surface area contributed by atoms with Crippen molar-refractivity contribution in [2.75, 3.05) is 44.9 Å². The van der Waals surface area contributed by atoms with Crippen LogP contribution in [0.5, 0.6) is 0 Å². The van der Waals surface area contributed by atoms with Crippen LogP contribution in [0.15, 0.2) is 18.2 Å². The molecule has 1 unspecified atom stereocenters. The van der Waals surface area contributed by atoms with Crippen LogP contribution in [0.3, 0.4) is 0 Å². The zero-order chi connectivity index (χ0) is 14.7. The van der Waals surface area contributed by atoms with Gasteiger partial charge in [-0.15, -0.1) is 0 Å². The first kappa shape index (κ1) is 14.7. The van der Waals surface area contributed by atoms with Crippen LogP contribution in [0.2, 0.25) is 0 Å². The molecule has 2 rings (SSSR count). The van der Waals surface area contributed by atoms with Crippen LogP contribution in [0, 0.1) is 0 Å². The smallest absolute Gasteiger partial charge is 0.253 e. The summed E-state index contributed by atoms with van der Waals surface area (Å²) in [7, 11) is 5.82. The van der Waals surface area contributed by atoms with Crippen molar-refractivity contribution in [3.63, 3.8) is 0 Å². The number of hydrogen-bond donors (Lipinski definition) is 2. The molecule has 1 aromatic rings. The Morgan fingerprint density at radius 3 is 2.90 bits per heavy atom. The summed E-state index contributed by atoms with van der Waals surface area (Å²) in [5.74, 6) is -0.0772. The fourth-order valence-corrected chi connectivity index (χ4v) is 2.82. The minimum atomic E-state index is -0.0772. The van der Waals surface area contributed by atoms with Crippen LogP contribution in [0.1, 0.15) is 23.2 Å². The molecule has 0 spiro atoms. The van der Waals surface area contributed by atoms with Crippen molar-refractivity contribution in [1.29, 1.82) is 0 Å². The molecule has 1 atom stereocenters. The predicted molar refractivity (Wildman–Crippen MR) is 83.2 cm³/mol. The Morgan fingerprint density at radius 2 is 2.30 bits per heavy atom. The van der Waals surface area contributed by atoms with Crippen LogP contribution in [0.4, 0.5) is 11.4 Å². The van der Waals surface area contributed by atoms with Gasteiger partial charge in [-0.1, -0.05) is 0 Å². The zero-order valence-corrected chi connectivity index (χ0v) is 12.5. The van der Waals surface area contributed by atoms with Gasteiger partial charge in [0.1, 0.15) is 0 Å². The number of carbonyl (C=O) groups excluding carboxylic acids is 1. The van der Waals surface area contributed by atoms with E-state index in [9.17, 15) is 4.79 Å². The average molecular weight is 276 g/mol. The quantitative estimate of drug-likeness (QED) is 0.810. The van der Waals surface area contributed by atoms with E-state index in [1.54, 1.807) is 19.2 Å². The predicted octanol–water partition coefficient (Wildman–Crippen LogP) is 1.16. The number of rotatable bonds is 4. The maximum atomic E-state index is 12.0. The molecule has 20 heavy (non-hydrogen) atoms. The van der Waals surface area contributed by atoms with Crippen molar-refractivity contribution in [1.82, 2.24) is 10.2 Å². The molecule has 1 amide bonds. The van der Waals surface area contributed by atoms with E-state index in [2.05, 4.69) is 22.2 Å². The number of likely N-dealkylation sites (tertiary alicyclic amines) is 1. The highest BCUT2D eigenvalue weighted by atomic mass is 16.1. The molecule has 0 aromatic heterocycles. The summed E-state index contributed by atoms with van der Waals surface area (Å²) in [6, 6.07) is 5.97. The van der Waals surface area contributed by atoms with Crippen molar-refractivity contribution in [3.05, 3.63) is 23.8 Å². The standard InChI is InChI=1S/C15H24N4O/c1-17-15(20)13-7-6-11(16)9-14(13)19(3)10-12-5-4-8-18(12)2/h6-7,9,12H,4-5,8,10,16H2,1-3H3,(H,17,20). The second-order valence-corrected chi connectivity index (χ2v) is 5.51. The number of nitrogens with zero attached hydrogens (tertiary/aromatic N) is 2. The van der Waals surface area contributed by atoms with Gasteiger partial charge in [-0.2, -0.15) is 0 Å². The minimum absolute atomic E-state index is 0.0772. The summed E-state index contributed by atoms with van der Waals surface area (Å²) in [5.41, 5.74) is 8.12. The first-order valence-electron chi connectivity index (χ1n) is 7.06. The van der Waals surface area contributed by atoms with Gasteiger partial charge in [0.15, 0.2) is 0 Å². The van der Waals surface area contributed by atoms with Gasteiger partial charge in [0.2, 0.25) is 0 Å². The summed E-state index contributed by atoms with van der Waals surface area (Å²) >= 11 is 0. The number of benzene rings is 1. The van der Waals surface area contributed by atoms with Gasteiger partial charge >= 0.3 is 0 Å². The number of nitrogens with two attached hydrogens (primary N) is 1. The zero-order valence-electron chi connectivity index (χ0n) is 12.5. The van der Waals surface area contributed by atoms with Gasteiger partial charge in [-0.25, -0.2) is 0 Å². The van der Waals surface area contributed by atoms with E-state index in [-0.39, 0.29) is 5.91 Å². The molecule has 0 bridgehead atoms. The molecule has 0 aliphatic carbocycles. The Morgan fingerprint density at radius 1 is 1.55 bits per heavy atom. The molecule has 1 heterocycles. The fraction of sp³-hybridized carbons (Fsp3) is 0.533. The van der Waals surface area contributed by atoms with Crippen LogP contribution in [-0.4, -0.2) is 51.1 Å². The molecule has 1 aliphatic heterocycles. The van der Waals surface area contributed by atoms with E-state index in [1.165, 1.54) is 12.8 Å². The highest BCUT2D eigenvalue weighted by Gasteiger charge is 2.23. The van der Waals surface area contributed by atoms with Crippen molar-refractivity contribution in [2.24, 2.45) is 0 Å². The first-order valence-corrected chi connectivity index (χ1v) is 7.06. The second kappa shape index (κ2) is 6.13. The third kappa shape index (κ3) is 3.04. The van der Waals surface area contributed by atoms with Crippen LogP contribution < -0.4 is 16.0 Å². The number of anilines is 2. The summed E-state index contributed by atoms with van der Waals surface area (Å²) in [4.78, 5) is 16.5. The lowest BCUT2D eigenvalue weighted by Gasteiger charge is -2.28. The Bertz CT molecular complexity index is 489. The molecule has 1 saturated heterocycles. The van der Waals surface area contributed by atoms with Gasteiger partial charge in [-0.3, -0.25) is 4.79 Å². The van der Waals surface area contributed by atoms with E-state index in [0.717, 1.165) is 18.8 Å². The van der Waals surface area contributed by atoms with Crippen molar-refractivity contribution < 1.29 is 4.79 Å². The molecule has 5 heteroatoms. The summed E-state index contributed by atoms with van der Waals surface area (Å²) in [6.45, 7) is 2.06. The van der Waals surface area contributed by atoms with E-state index >= 15 is 0 Å². The highest BCUT2D eigenvalue weighted by Crippen LogP contribution is 2.25. The second-order valence-electron chi connectivity index (χ2n) is 5.51. The Balaban J connectivity index is 2.21. The lowest BCUT2D eigenvalue weighted by Crippen LogP contribution is -2.37. The lowest BCUT2D eigenvalue weighted by molar-refractivity contribution is 0.0963. The Labute approximate surface area is 120 Å². The first-order chi connectivity index (χ1) is 9.52. The van der Waals surface area contributed by atoms with Gasteiger partial charge in [0, 0.05) is 32.4 Å². The molecule has 1 aromatic carbocycles. The number of hydrogen-bond acceptors (Lipinski definition) is 4. The molecule has 110 valence electrons. The number of carbonyl (C=O) groups is 1. The largest absolute Gasteiger partial charge is 0.399 e. The molecule has 1 aliphatic rings. The normalized spacial score (nSPS) is 19.1. The Kier molecular flexibility index (Phi) is 4.49. The van der Waals surface area contributed by atoms with Crippen molar-refractivity contribution in [2.45, 2.75) is 18.9 Å². The number of nitrogens with one attached hydrogen (secondary N) is 1. The van der Waals surface area contributed by atoms with E-state index in [4.69, 9.17) is 5.73 Å². The lowest BCUT2D eigenvalue weighted by atomic mass is 10.1. The molecule has 3 N–H and O–H groups in total. The monoisotopic (exact) mass is 276 g/mol. The molecule has 1 fully saturated rings. The Hall–Kier alpha value is -1.75. The van der Waals surface area contributed by atoms with Crippen molar-refractivity contribution in [3.8, 4) is 0 Å². The molecule has 0 saturated carbocycles. The SMILES string of the molecule is CNC(=O)c1ccc(N)cc1N(C)CC1CCCN1C. The topological polar surface area (TPSA) is 61.6 Å². The average Bonchev–Trinajstić information content (AvgIpc) is 2.83. The maximum absolute atomic E-state index is 12.0. The molecular weight excluding hydrogens is 252 g/mol. The van der Waals surface area contributed by atoms with Crippen molar-refractivity contribution >= 4 is 17.3 Å². The number of likely N-dealkylation sites (N-methyl/N-ethyl adjacent to an activating group) is 2. The third-order valence-corrected chi connectivity index (χ3v) is 4.06. The number of nitrogen functional groups attached to an aromatic ring is 1. The summed E-state index contributed by atoms with van der Waals surface area (Å²) < 4.78 is 0. The third-order valence-electron chi connectivity index (χ3n) is 4.06. The maximum Gasteiger partial charge on any atom is 0.253 e. The van der Waals surface area contributed by atoms with E-state index in [0.29, 0.717) is 17.3 Å². The van der Waals surface area contributed by atoms with Crippen LogP contribution in [0.25, 0.3) is 0 Å². The van der Waals surface area contributed by atoms with Crippen LogP contribution in [-0.2, 0) is 0 Å². The molecule has 0 radical (unpaired) electrons. The fourth-order valence-electron chi connectivity index (χ4n) is 2.82. The van der Waals surface area contributed by atoms with Crippen LogP contribution >= 0.6 is 0 Å². The summed E-state index contributed by atoms with van der Waals surface area (Å²) in [5, 5.41) is 2.68. The van der Waals surface area contributed by atoms with E-state index in [1.807, 2.05) is 13.1 Å². The summed E-state index contributed by atoms with van der Waals surface area (Å²) in [6.07, 6.45) is 2.45. The minimum Gasteiger partial charge on any atom is -0.399 e.